The molecule has 0 N–H and O–H groups in total. The Balaban J connectivity index is 1.19. The number of aryl methyl sites for hydroxylation is 1. The first-order chi connectivity index (χ1) is 18.1. The number of ether oxygens (including phenoxy) is 1. The molecule has 4 aromatic carbocycles. The first-order valence-electron chi connectivity index (χ1n) is 12.1. The van der Waals surface area contributed by atoms with Crippen molar-refractivity contribution in [2.45, 2.75) is 32.1 Å². The Labute approximate surface area is 216 Å². The quantitative estimate of drug-likeness (QED) is 0.103. The van der Waals surface area contributed by atoms with E-state index in [1.165, 1.54) is 0 Å². The van der Waals surface area contributed by atoms with Gasteiger partial charge in [0.2, 0.25) is 0 Å². The van der Waals surface area contributed by atoms with Crippen molar-refractivity contribution in [3.63, 3.8) is 0 Å². The second-order valence-electron chi connectivity index (χ2n) is 8.72. The summed E-state index contributed by atoms with van der Waals surface area (Å²) in [7, 11) is 0. The fraction of sp³-hybridized carbons (Fsp3) is 0.156. The Hall–Kier alpha value is -4.74. The van der Waals surface area contributed by atoms with Crippen LogP contribution >= 0.6 is 0 Å². The highest BCUT2D eigenvalue weighted by molar-refractivity contribution is 5.73. The van der Waals surface area contributed by atoms with Crippen LogP contribution in [0.3, 0.4) is 0 Å². The van der Waals surface area contributed by atoms with Gasteiger partial charge in [0.1, 0.15) is 11.6 Å². The van der Waals surface area contributed by atoms with E-state index < -0.39 is 0 Å². The van der Waals surface area contributed by atoms with Crippen molar-refractivity contribution >= 4 is 11.7 Å². The van der Waals surface area contributed by atoms with Gasteiger partial charge in [-0.15, -0.1) is 0 Å². The van der Waals surface area contributed by atoms with Crippen LogP contribution < -0.4 is 4.74 Å². The summed E-state index contributed by atoms with van der Waals surface area (Å²) in [5, 5.41) is 8.91. The maximum atomic E-state index is 14.6. The minimum absolute atomic E-state index is 0.271. The molecule has 0 atom stereocenters. The van der Waals surface area contributed by atoms with E-state index in [0.29, 0.717) is 35.4 Å². The summed E-state index contributed by atoms with van der Waals surface area (Å²) in [6, 6.07) is 28.9. The number of halogens is 1. The van der Waals surface area contributed by atoms with E-state index in [9.17, 15) is 9.18 Å². The topological polar surface area (TPSA) is 54.5 Å². The molecule has 182 valence electrons. The van der Waals surface area contributed by atoms with Crippen molar-refractivity contribution in [1.29, 1.82) is 5.26 Å². The summed E-state index contributed by atoms with van der Waals surface area (Å²) in [5.41, 5.74) is 5.30. The van der Waals surface area contributed by atoms with Crippen molar-refractivity contribution in [1.82, 2.24) is 0 Å². The molecule has 0 aliphatic carbocycles. The Kier molecular flexibility index (Phi) is 8.42. The van der Waals surface area contributed by atoms with Gasteiger partial charge >= 0.3 is 5.97 Å². The second-order valence-corrected chi connectivity index (χ2v) is 8.72. The van der Waals surface area contributed by atoms with Crippen molar-refractivity contribution in [3.05, 3.63) is 119 Å². The fourth-order valence-corrected chi connectivity index (χ4v) is 4.07. The summed E-state index contributed by atoms with van der Waals surface area (Å²) >= 11 is 0. The molecule has 0 heterocycles. The molecule has 5 heteroatoms. The molecule has 4 rings (SSSR count). The van der Waals surface area contributed by atoms with Crippen molar-refractivity contribution < 1.29 is 13.9 Å². The Bertz CT molecular complexity index is 1450. The summed E-state index contributed by atoms with van der Waals surface area (Å²) in [6.07, 6.45) is 3.46. The van der Waals surface area contributed by atoms with Crippen molar-refractivity contribution in [2.24, 2.45) is 0 Å². The van der Waals surface area contributed by atoms with E-state index in [-0.39, 0.29) is 11.8 Å². The van der Waals surface area contributed by atoms with Crippen LogP contribution in [0, 0.1) is 23.7 Å². The molecule has 0 fully saturated rings. The maximum Gasteiger partial charge on any atom is 0.311 e. The molecule has 0 unspecified atom stereocenters. The molecule has 0 bridgehead atoms. The Morgan fingerprint density at radius 3 is 2.11 bits per heavy atom. The predicted octanol–water partition coefficient (Wildman–Crippen LogP) is 8.29. The first kappa shape index (κ1) is 25.4. The molecular weight excluding hydrogens is 463 g/mol. The van der Waals surface area contributed by atoms with Crippen LogP contribution in [-0.2, 0) is 11.2 Å². The zero-order valence-electron chi connectivity index (χ0n) is 20.3. The molecule has 0 spiro atoms. The molecule has 4 aromatic rings. The minimum atomic E-state index is -0.280. The van der Waals surface area contributed by atoms with Gasteiger partial charge in [-0.3, -0.25) is 4.79 Å². The lowest BCUT2D eigenvalue weighted by Crippen LogP contribution is -2.07. The van der Waals surface area contributed by atoms with Crippen molar-refractivity contribution in [2.75, 3.05) is 0 Å². The van der Waals surface area contributed by atoms with Gasteiger partial charge in [-0.25, -0.2) is 9.24 Å². The molecular formula is C32H25FN2O2. The summed E-state index contributed by atoms with van der Waals surface area (Å²) < 4.78 is 20.1. The average Bonchev–Trinajstić information content (AvgIpc) is 2.93. The monoisotopic (exact) mass is 488 g/mol. The van der Waals surface area contributed by atoms with E-state index >= 15 is 0 Å². The van der Waals surface area contributed by atoms with E-state index in [1.54, 1.807) is 60.7 Å². The summed E-state index contributed by atoms with van der Waals surface area (Å²) in [4.78, 5) is 15.6. The lowest BCUT2D eigenvalue weighted by molar-refractivity contribution is -0.134. The third-order valence-electron chi connectivity index (χ3n) is 6.12. The molecule has 0 aliphatic rings. The van der Waals surface area contributed by atoms with Gasteiger partial charge in [-0.05, 0) is 71.8 Å². The highest BCUT2D eigenvalue weighted by Gasteiger charge is 2.08. The lowest BCUT2D eigenvalue weighted by atomic mass is 9.99. The SMILES string of the molecule is [C-]#[N+]c1ccc(-c2ccc(OC(=O)CCCCCc3ccc(-c4ccc(C#N)cc4)c(F)c3)cc2)cc1. The van der Waals surface area contributed by atoms with Crippen LogP contribution in [0.1, 0.15) is 36.8 Å². The molecule has 0 aliphatic heterocycles. The number of nitrogens with zero attached hydrogens (tertiary/aromatic N) is 2. The normalized spacial score (nSPS) is 10.4. The van der Waals surface area contributed by atoms with Gasteiger partial charge in [0.25, 0.3) is 0 Å². The largest absolute Gasteiger partial charge is 0.427 e. The number of hydrogen-bond donors (Lipinski definition) is 0. The third kappa shape index (κ3) is 6.90. The van der Waals surface area contributed by atoms with Crippen LogP contribution in [-0.4, -0.2) is 5.97 Å². The van der Waals surface area contributed by atoms with Crippen LogP contribution in [0.2, 0.25) is 0 Å². The standard InChI is InChI=1S/C32H25FN2O2/c1-35-28-16-12-25(13-17-28)26-14-18-29(19-15-26)37-32(36)6-4-2-3-5-23-9-20-30(31(33)21-23)27-10-7-24(22-34)8-11-27/h7-21H,2-6H2. The number of esters is 1. The number of carbonyl (C=O) groups excluding carboxylic acids is 1. The van der Waals surface area contributed by atoms with Gasteiger partial charge in [-0.2, -0.15) is 5.26 Å². The smallest absolute Gasteiger partial charge is 0.311 e. The summed E-state index contributed by atoms with van der Waals surface area (Å²) in [5.74, 6) is -0.0477. The van der Waals surface area contributed by atoms with E-state index in [1.807, 2.05) is 30.3 Å². The number of rotatable bonds is 9. The number of carbonyl (C=O) groups is 1. The van der Waals surface area contributed by atoms with Gasteiger partial charge < -0.3 is 4.74 Å². The number of benzene rings is 4. The Morgan fingerprint density at radius 1 is 0.838 bits per heavy atom. The molecule has 0 saturated heterocycles. The van der Waals surface area contributed by atoms with E-state index in [0.717, 1.165) is 41.5 Å². The zero-order valence-corrected chi connectivity index (χ0v) is 20.3. The fourth-order valence-electron chi connectivity index (χ4n) is 4.07. The van der Waals surface area contributed by atoms with Crippen LogP contribution in [0.5, 0.6) is 5.75 Å². The van der Waals surface area contributed by atoms with Crippen LogP contribution in [0.4, 0.5) is 10.1 Å². The van der Waals surface area contributed by atoms with Gasteiger partial charge in [0.05, 0.1) is 18.2 Å². The summed E-state index contributed by atoms with van der Waals surface area (Å²) in [6.45, 7) is 7.03. The second kappa shape index (κ2) is 12.3. The van der Waals surface area contributed by atoms with Crippen LogP contribution in [0.15, 0.2) is 91.0 Å². The van der Waals surface area contributed by atoms with Gasteiger partial charge in [-0.1, -0.05) is 67.1 Å². The lowest BCUT2D eigenvalue weighted by Gasteiger charge is -2.08. The number of nitriles is 1. The highest BCUT2D eigenvalue weighted by atomic mass is 19.1. The van der Waals surface area contributed by atoms with E-state index in [2.05, 4.69) is 10.9 Å². The third-order valence-corrected chi connectivity index (χ3v) is 6.12. The molecule has 4 nitrogen and oxygen atoms in total. The molecule has 0 saturated carbocycles. The predicted molar refractivity (Wildman–Crippen MR) is 142 cm³/mol. The first-order valence-corrected chi connectivity index (χ1v) is 12.1. The average molecular weight is 489 g/mol. The van der Waals surface area contributed by atoms with Gasteiger partial charge in [0, 0.05) is 12.0 Å². The highest BCUT2D eigenvalue weighted by Crippen LogP contribution is 2.26. The number of unbranched alkanes of at least 4 members (excludes halogenated alkanes) is 2. The van der Waals surface area contributed by atoms with Crippen molar-refractivity contribution in [3.8, 4) is 34.1 Å². The maximum absolute atomic E-state index is 14.6. The minimum Gasteiger partial charge on any atom is -0.427 e. The zero-order chi connectivity index (χ0) is 26.0. The molecule has 37 heavy (non-hydrogen) atoms. The van der Waals surface area contributed by atoms with Gasteiger partial charge in [0.15, 0.2) is 5.69 Å². The van der Waals surface area contributed by atoms with Crippen LogP contribution in [0.25, 0.3) is 27.1 Å². The number of hydrogen-bond acceptors (Lipinski definition) is 3. The molecule has 0 radical (unpaired) electrons. The Morgan fingerprint density at radius 2 is 1.49 bits per heavy atom. The molecule has 0 amide bonds. The molecule has 0 aromatic heterocycles. The van der Waals surface area contributed by atoms with E-state index in [4.69, 9.17) is 16.6 Å².